The Morgan fingerprint density at radius 2 is 1.82 bits per heavy atom. The van der Waals surface area contributed by atoms with Crippen molar-refractivity contribution >= 4 is 33.8 Å². The smallest absolute Gasteiger partial charge is 0.410 e. The van der Waals surface area contributed by atoms with Gasteiger partial charge in [-0.05, 0) is 85.6 Å². The maximum absolute atomic E-state index is 12.2. The number of amides is 1. The number of ether oxygens (including phenoxy) is 4. The van der Waals surface area contributed by atoms with E-state index >= 15 is 0 Å². The molecule has 1 aliphatic heterocycles. The zero-order chi connectivity index (χ0) is 24.6. The van der Waals surface area contributed by atoms with E-state index in [0.29, 0.717) is 32.1 Å². The molecule has 1 aliphatic rings. The van der Waals surface area contributed by atoms with E-state index < -0.39 is 5.60 Å². The second-order valence-corrected chi connectivity index (χ2v) is 11.2. The fourth-order valence-corrected chi connectivity index (χ4v) is 4.79. The molecule has 2 aromatic rings. The lowest BCUT2D eigenvalue weighted by atomic mass is 10.1. The van der Waals surface area contributed by atoms with Gasteiger partial charge in [-0.1, -0.05) is 13.0 Å². The third-order valence-corrected chi connectivity index (χ3v) is 6.54. The van der Waals surface area contributed by atoms with Crippen molar-refractivity contribution in [2.45, 2.75) is 57.1 Å². The van der Waals surface area contributed by atoms with Crippen LogP contribution >= 0.6 is 27.7 Å². The van der Waals surface area contributed by atoms with Gasteiger partial charge in [0, 0.05) is 24.1 Å². The van der Waals surface area contributed by atoms with Gasteiger partial charge in [0.15, 0.2) is 0 Å². The van der Waals surface area contributed by atoms with Crippen molar-refractivity contribution < 1.29 is 23.7 Å². The lowest BCUT2D eigenvalue weighted by molar-refractivity contribution is -0.0177. The van der Waals surface area contributed by atoms with Crippen LogP contribution in [0.5, 0.6) is 17.2 Å². The Morgan fingerprint density at radius 3 is 2.50 bits per heavy atom. The van der Waals surface area contributed by atoms with Crippen LogP contribution in [0.4, 0.5) is 4.79 Å². The lowest BCUT2D eigenvalue weighted by Gasteiger charge is -2.33. The van der Waals surface area contributed by atoms with E-state index in [2.05, 4.69) is 35.0 Å². The summed E-state index contributed by atoms with van der Waals surface area (Å²) in [7, 11) is 0. The van der Waals surface area contributed by atoms with Crippen molar-refractivity contribution in [1.29, 1.82) is 0 Å². The molecule has 3 rings (SSSR count). The van der Waals surface area contributed by atoms with E-state index in [-0.39, 0.29) is 12.2 Å². The second-order valence-electron chi connectivity index (χ2n) is 8.99. The number of carbonyl (C=O) groups excluding carboxylic acids is 1. The van der Waals surface area contributed by atoms with Gasteiger partial charge >= 0.3 is 6.09 Å². The predicted octanol–water partition coefficient (Wildman–Crippen LogP) is 7.15. The average molecular weight is 553 g/mol. The molecule has 6 nitrogen and oxygen atoms in total. The first-order valence-corrected chi connectivity index (χ1v) is 13.4. The van der Waals surface area contributed by atoms with Crippen LogP contribution in [0.15, 0.2) is 51.8 Å². The minimum atomic E-state index is -0.473. The number of likely N-dealkylation sites (tertiary alicyclic amines) is 1. The van der Waals surface area contributed by atoms with Crippen LogP contribution in [0.25, 0.3) is 0 Å². The molecule has 34 heavy (non-hydrogen) atoms. The van der Waals surface area contributed by atoms with Gasteiger partial charge in [0.2, 0.25) is 0 Å². The maximum Gasteiger partial charge on any atom is 0.410 e. The molecule has 0 aliphatic carbocycles. The van der Waals surface area contributed by atoms with E-state index in [1.807, 2.05) is 51.1 Å². The van der Waals surface area contributed by atoms with Crippen LogP contribution in [0.1, 0.15) is 40.5 Å². The monoisotopic (exact) mass is 551 g/mol. The summed E-state index contributed by atoms with van der Waals surface area (Å²) in [6, 6.07) is 13.7. The van der Waals surface area contributed by atoms with E-state index in [9.17, 15) is 4.79 Å². The quantitative estimate of drug-likeness (QED) is 0.243. The van der Waals surface area contributed by atoms with Crippen LogP contribution in [0.2, 0.25) is 0 Å². The summed E-state index contributed by atoms with van der Waals surface area (Å²) in [6.45, 7) is 10.0. The molecule has 0 radical (unpaired) electrons. The van der Waals surface area contributed by atoms with Gasteiger partial charge < -0.3 is 23.8 Å². The number of hydrogen-bond donors (Lipinski definition) is 0. The second kappa shape index (κ2) is 12.7. The third-order valence-electron chi connectivity index (χ3n) is 5.05. The number of piperidine rings is 1. The molecule has 0 aromatic heterocycles. The van der Waals surface area contributed by atoms with Crippen LogP contribution in [-0.2, 0) is 9.47 Å². The summed E-state index contributed by atoms with van der Waals surface area (Å²) in [5.41, 5.74) is -0.473. The summed E-state index contributed by atoms with van der Waals surface area (Å²) in [4.78, 5) is 15.1. The summed E-state index contributed by atoms with van der Waals surface area (Å²) < 4.78 is 24.2. The molecule has 0 bridgehead atoms. The highest BCUT2D eigenvalue weighted by atomic mass is 79.9. The van der Waals surface area contributed by atoms with Crippen LogP contribution in [0.3, 0.4) is 0 Å². The minimum Gasteiger partial charge on any atom is -0.491 e. The van der Waals surface area contributed by atoms with Crippen LogP contribution in [-0.4, -0.2) is 54.8 Å². The highest BCUT2D eigenvalue weighted by Crippen LogP contribution is 2.34. The average Bonchev–Trinajstić information content (AvgIpc) is 2.78. The summed E-state index contributed by atoms with van der Waals surface area (Å²) in [6.07, 6.45) is 1.47. The van der Waals surface area contributed by atoms with Crippen molar-refractivity contribution in [2.24, 2.45) is 0 Å². The fourth-order valence-electron chi connectivity index (χ4n) is 3.48. The molecule has 0 N–H and O–H groups in total. The van der Waals surface area contributed by atoms with Crippen molar-refractivity contribution in [3.8, 4) is 17.2 Å². The van der Waals surface area contributed by atoms with Gasteiger partial charge in [0.05, 0.1) is 17.2 Å². The topological polar surface area (TPSA) is 57.2 Å². The Hall–Kier alpha value is -1.90. The molecule has 1 heterocycles. The zero-order valence-corrected chi connectivity index (χ0v) is 22.7. The normalized spacial score (nSPS) is 14.7. The Bertz CT molecular complexity index is 941. The molecular weight excluding hydrogens is 518 g/mol. The van der Waals surface area contributed by atoms with Gasteiger partial charge in [0.1, 0.15) is 29.5 Å². The number of nitrogens with zero attached hydrogens (tertiary/aromatic N) is 1. The molecule has 0 spiro atoms. The van der Waals surface area contributed by atoms with E-state index in [1.54, 1.807) is 16.7 Å². The Kier molecular flexibility index (Phi) is 9.97. The van der Waals surface area contributed by atoms with Gasteiger partial charge in [-0.3, -0.25) is 0 Å². The molecule has 0 atom stereocenters. The summed E-state index contributed by atoms with van der Waals surface area (Å²) in [5.74, 6) is 3.24. The number of halogens is 1. The first-order valence-electron chi connectivity index (χ1n) is 11.7. The number of rotatable bonds is 9. The molecule has 1 fully saturated rings. The molecule has 8 heteroatoms. The first kappa shape index (κ1) is 26.7. The molecule has 0 saturated carbocycles. The fraction of sp³-hybridized carbons (Fsp3) is 0.500. The SMILES string of the molecule is CCSc1ccc(Oc2cccc(OCCOC3CCN(C(=O)OC(C)(C)C)CC3)c2)c(Br)c1. The number of carbonyl (C=O) groups is 1. The van der Waals surface area contributed by atoms with Gasteiger partial charge in [-0.15, -0.1) is 11.8 Å². The number of benzene rings is 2. The summed E-state index contributed by atoms with van der Waals surface area (Å²) in [5, 5.41) is 0. The van der Waals surface area contributed by atoms with Crippen molar-refractivity contribution in [1.82, 2.24) is 4.90 Å². The molecule has 1 amide bonds. The first-order chi connectivity index (χ1) is 16.2. The molecule has 186 valence electrons. The van der Waals surface area contributed by atoms with Gasteiger partial charge in [-0.2, -0.15) is 0 Å². The van der Waals surface area contributed by atoms with Gasteiger partial charge in [0.25, 0.3) is 0 Å². The maximum atomic E-state index is 12.2. The standard InChI is InChI=1S/C26H34BrNO5S/c1-5-34-22-9-10-24(23(27)18-22)32-21-8-6-7-20(17-21)31-16-15-30-19-11-13-28(14-12-19)25(29)33-26(2,3)4/h6-10,17-19H,5,11-16H2,1-4H3. The molecular formula is C26H34BrNO5S. The molecule has 1 saturated heterocycles. The largest absolute Gasteiger partial charge is 0.491 e. The number of hydrogen-bond acceptors (Lipinski definition) is 6. The molecule has 0 unspecified atom stereocenters. The Labute approximate surface area is 215 Å². The van der Waals surface area contributed by atoms with E-state index in [1.165, 1.54) is 4.90 Å². The minimum absolute atomic E-state index is 0.128. The summed E-state index contributed by atoms with van der Waals surface area (Å²) >= 11 is 5.38. The van der Waals surface area contributed by atoms with Crippen molar-refractivity contribution in [3.05, 3.63) is 46.9 Å². The van der Waals surface area contributed by atoms with Crippen molar-refractivity contribution in [3.63, 3.8) is 0 Å². The number of thioether (sulfide) groups is 1. The molecule has 2 aromatic carbocycles. The van der Waals surface area contributed by atoms with Crippen LogP contribution < -0.4 is 9.47 Å². The Morgan fingerprint density at radius 1 is 1.09 bits per heavy atom. The Balaban J connectivity index is 1.39. The van der Waals surface area contributed by atoms with Gasteiger partial charge in [-0.25, -0.2) is 4.79 Å². The third kappa shape index (κ3) is 8.71. The zero-order valence-electron chi connectivity index (χ0n) is 20.3. The highest BCUT2D eigenvalue weighted by Gasteiger charge is 2.27. The lowest BCUT2D eigenvalue weighted by Crippen LogP contribution is -2.43. The van der Waals surface area contributed by atoms with E-state index in [4.69, 9.17) is 18.9 Å². The van der Waals surface area contributed by atoms with Crippen LogP contribution in [0, 0.1) is 0 Å². The van der Waals surface area contributed by atoms with Crippen molar-refractivity contribution in [2.75, 3.05) is 32.1 Å². The predicted molar refractivity (Wildman–Crippen MR) is 139 cm³/mol. The van der Waals surface area contributed by atoms with E-state index in [0.717, 1.165) is 34.6 Å². The highest BCUT2D eigenvalue weighted by molar-refractivity contribution is 9.10.